The van der Waals surface area contributed by atoms with Crippen molar-refractivity contribution in [2.75, 3.05) is 19.8 Å². The van der Waals surface area contributed by atoms with Crippen LogP contribution < -0.4 is 0 Å². The van der Waals surface area contributed by atoms with Crippen molar-refractivity contribution in [1.29, 1.82) is 0 Å². The zero-order chi connectivity index (χ0) is 25.4. The molecule has 0 aromatic heterocycles. The fourth-order valence-corrected chi connectivity index (χ4v) is 3.36. The standard InChI is InChI=1S/C20H29F11O2/c21-16(22,17(23,24)18(25,26)19(27,28)20(29,30)31)11-7-5-3-1-2-4-6-8-12-32-14-15-10-9-13-33-15/h15H,1-14H2. The van der Waals surface area contributed by atoms with E-state index in [2.05, 4.69) is 0 Å². The van der Waals surface area contributed by atoms with E-state index >= 15 is 0 Å². The molecule has 0 aromatic carbocycles. The van der Waals surface area contributed by atoms with E-state index in [0.717, 1.165) is 38.7 Å². The Hall–Kier alpha value is -0.850. The fourth-order valence-electron chi connectivity index (χ4n) is 3.36. The molecule has 1 heterocycles. The lowest BCUT2D eigenvalue weighted by atomic mass is 9.94. The van der Waals surface area contributed by atoms with Crippen LogP contribution in [0.1, 0.15) is 70.6 Å². The maximum Gasteiger partial charge on any atom is 0.460 e. The van der Waals surface area contributed by atoms with Crippen LogP contribution in [0, 0.1) is 0 Å². The molecule has 0 N–H and O–H groups in total. The van der Waals surface area contributed by atoms with Gasteiger partial charge in [0.2, 0.25) is 0 Å². The second-order valence-corrected chi connectivity index (χ2v) is 8.21. The molecule has 1 rings (SSSR count). The topological polar surface area (TPSA) is 18.5 Å². The first-order valence-electron chi connectivity index (χ1n) is 10.9. The summed E-state index contributed by atoms with van der Waals surface area (Å²) in [5.74, 6) is -27.3. The Balaban J connectivity index is 2.23. The van der Waals surface area contributed by atoms with Crippen LogP contribution >= 0.6 is 0 Å². The van der Waals surface area contributed by atoms with Crippen molar-refractivity contribution in [3.8, 4) is 0 Å². The van der Waals surface area contributed by atoms with Gasteiger partial charge >= 0.3 is 29.9 Å². The van der Waals surface area contributed by atoms with Gasteiger partial charge in [-0.3, -0.25) is 0 Å². The summed E-state index contributed by atoms with van der Waals surface area (Å²) in [4.78, 5) is 0. The second kappa shape index (κ2) is 12.2. The van der Waals surface area contributed by atoms with E-state index in [9.17, 15) is 48.3 Å². The van der Waals surface area contributed by atoms with Gasteiger partial charge in [0.1, 0.15) is 0 Å². The largest absolute Gasteiger partial charge is 0.460 e. The van der Waals surface area contributed by atoms with E-state index in [1.165, 1.54) is 0 Å². The van der Waals surface area contributed by atoms with Crippen LogP contribution in [0.5, 0.6) is 0 Å². The molecule has 0 amide bonds. The van der Waals surface area contributed by atoms with Gasteiger partial charge in [-0.2, -0.15) is 48.3 Å². The van der Waals surface area contributed by atoms with Gasteiger partial charge in [-0.15, -0.1) is 0 Å². The molecule has 1 unspecified atom stereocenters. The molecule has 0 radical (unpaired) electrons. The first-order valence-corrected chi connectivity index (χ1v) is 10.9. The maximum atomic E-state index is 13.5. The third kappa shape index (κ3) is 7.83. The predicted molar refractivity (Wildman–Crippen MR) is 97.2 cm³/mol. The summed E-state index contributed by atoms with van der Waals surface area (Å²) in [6.45, 7) is 1.86. The highest BCUT2D eigenvalue weighted by molar-refractivity contribution is 5.06. The highest BCUT2D eigenvalue weighted by atomic mass is 19.4. The molecule has 1 aliphatic heterocycles. The van der Waals surface area contributed by atoms with Gasteiger partial charge in [-0.25, -0.2) is 0 Å². The van der Waals surface area contributed by atoms with Crippen LogP contribution in [0.15, 0.2) is 0 Å². The summed E-state index contributed by atoms with van der Waals surface area (Å²) < 4.78 is 153. The van der Waals surface area contributed by atoms with E-state index < -0.39 is 42.7 Å². The number of halogens is 11. The van der Waals surface area contributed by atoms with Gasteiger partial charge in [0.25, 0.3) is 0 Å². The van der Waals surface area contributed by atoms with Crippen LogP contribution in [0.2, 0.25) is 0 Å². The van der Waals surface area contributed by atoms with Crippen molar-refractivity contribution in [1.82, 2.24) is 0 Å². The SMILES string of the molecule is FC(F)(F)C(F)(F)C(F)(F)C(F)(F)C(F)(F)CCCCCCCCCCOCC1CCCO1. The molecule has 13 heteroatoms. The van der Waals surface area contributed by atoms with Crippen molar-refractivity contribution in [3.05, 3.63) is 0 Å². The molecule has 1 aliphatic rings. The highest BCUT2D eigenvalue weighted by Gasteiger charge is 2.86. The van der Waals surface area contributed by atoms with Crippen molar-refractivity contribution in [3.63, 3.8) is 0 Å². The van der Waals surface area contributed by atoms with E-state index in [4.69, 9.17) is 9.47 Å². The summed E-state index contributed by atoms with van der Waals surface area (Å²) >= 11 is 0. The predicted octanol–water partition coefficient (Wildman–Crippen LogP) is 7.80. The minimum absolute atomic E-state index is 0.0859. The number of ether oxygens (including phenoxy) is 2. The monoisotopic (exact) mass is 510 g/mol. The Morgan fingerprint density at radius 3 is 1.64 bits per heavy atom. The van der Waals surface area contributed by atoms with Crippen molar-refractivity contribution < 1.29 is 57.8 Å². The van der Waals surface area contributed by atoms with Gasteiger partial charge < -0.3 is 9.47 Å². The Morgan fingerprint density at radius 2 is 1.15 bits per heavy atom. The molecule has 0 saturated carbocycles. The molecular formula is C20H29F11O2. The van der Waals surface area contributed by atoms with Crippen LogP contribution in [0.25, 0.3) is 0 Å². The van der Waals surface area contributed by atoms with Crippen molar-refractivity contribution in [2.24, 2.45) is 0 Å². The smallest absolute Gasteiger partial charge is 0.379 e. The first-order chi connectivity index (χ1) is 15.1. The molecular weight excluding hydrogens is 481 g/mol. The molecule has 0 spiro atoms. The molecule has 1 fully saturated rings. The van der Waals surface area contributed by atoms with Crippen LogP contribution in [0.3, 0.4) is 0 Å². The third-order valence-corrected chi connectivity index (χ3v) is 5.46. The zero-order valence-electron chi connectivity index (χ0n) is 18.0. The molecule has 1 atom stereocenters. The summed E-state index contributed by atoms with van der Waals surface area (Å²) in [5.41, 5.74) is 0. The van der Waals surface area contributed by atoms with Gasteiger partial charge in [-0.1, -0.05) is 38.5 Å². The molecule has 0 aliphatic carbocycles. The summed E-state index contributed by atoms with van der Waals surface area (Å²) in [5, 5.41) is 0. The fraction of sp³-hybridized carbons (Fsp3) is 1.00. The van der Waals surface area contributed by atoms with E-state index in [1.54, 1.807) is 0 Å². The summed E-state index contributed by atoms with van der Waals surface area (Å²) in [7, 11) is 0. The molecule has 2 nitrogen and oxygen atoms in total. The number of unbranched alkanes of at least 4 members (excludes halogenated alkanes) is 7. The molecule has 0 aromatic rings. The lowest BCUT2D eigenvalue weighted by Gasteiger charge is -2.37. The minimum Gasteiger partial charge on any atom is -0.379 e. The maximum absolute atomic E-state index is 13.5. The Kier molecular flexibility index (Phi) is 11.2. The van der Waals surface area contributed by atoms with Gasteiger partial charge in [0.15, 0.2) is 0 Å². The van der Waals surface area contributed by atoms with Gasteiger partial charge in [0.05, 0.1) is 12.7 Å². The van der Waals surface area contributed by atoms with Crippen LogP contribution in [0.4, 0.5) is 48.3 Å². The van der Waals surface area contributed by atoms with Gasteiger partial charge in [-0.05, 0) is 25.7 Å². The van der Waals surface area contributed by atoms with E-state index in [1.807, 2.05) is 0 Å². The first kappa shape index (κ1) is 30.2. The zero-order valence-corrected chi connectivity index (χ0v) is 18.0. The number of rotatable bonds is 16. The van der Waals surface area contributed by atoms with Crippen LogP contribution in [-0.4, -0.2) is 55.8 Å². The van der Waals surface area contributed by atoms with Crippen molar-refractivity contribution >= 4 is 0 Å². The summed E-state index contributed by atoms with van der Waals surface area (Å²) in [6, 6.07) is 0. The molecule has 1 saturated heterocycles. The Morgan fingerprint density at radius 1 is 0.636 bits per heavy atom. The lowest BCUT2D eigenvalue weighted by molar-refractivity contribution is -0.422. The van der Waals surface area contributed by atoms with E-state index in [-0.39, 0.29) is 12.5 Å². The van der Waals surface area contributed by atoms with E-state index in [0.29, 0.717) is 32.5 Å². The number of hydrogen-bond acceptors (Lipinski definition) is 2. The average molecular weight is 510 g/mol. The van der Waals surface area contributed by atoms with Gasteiger partial charge in [0, 0.05) is 19.6 Å². The minimum atomic E-state index is -7.32. The lowest BCUT2D eigenvalue weighted by Crippen LogP contribution is -2.66. The summed E-state index contributed by atoms with van der Waals surface area (Å²) in [6.07, 6.45) is -3.73. The normalized spacial score (nSPS) is 18.8. The number of hydrogen-bond donors (Lipinski definition) is 0. The second-order valence-electron chi connectivity index (χ2n) is 8.21. The third-order valence-electron chi connectivity index (χ3n) is 5.46. The van der Waals surface area contributed by atoms with Crippen LogP contribution in [-0.2, 0) is 9.47 Å². The molecule has 198 valence electrons. The Labute approximate surface area is 185 Å². The Bertz CT molecular complexity index is 559. The number of alkyl halides is 11. The average Bonchev–Trinajstić information content (AvgIpc) is 3.21. The van der Waals surface area contributed by atoms with Crippen molar-refractivity contribution in [2.45, 2.75) is 107 Å². The highest BCUT2D eigenvalue weighted by Crippen LogP contribution is 2.58. The quantitative estimate of drug-likeness (QED) is 0.156. The molecule has 33 heavy (non-hydrogen) atoms. The molecule has 0 bridgehead atoms.